The van der Waals surface area contributed by atoms with Crippen LogP contribution >= 0.6 is 22.9 Å². The van der Waals surface area contributed by atoms with E-state index in [9.17, 15) is 0 Å². The van der Waals surface area contributed by atoms with Gasteiger partial charge in [-0.2, -0.15) is 0 Å². The van der Waals surface area contributed by atoms with Crippen molar-refractivity contribution in [2.24, 2.45) is 0 Å². The summed E-state index contributed by atoms with van der Waals surface area (Å²) in [7, 11) is 0. The molecule has 13 heavy (non-hydrogen) atoms. The maximum atomic E-state index is 6.00. The summed E-state index contributed by atoms with van der Waals surface area (Å²) in [5, 5.41) is 6.51. The minimum Gasteiger partial charge on any atom is -0.309 e. The number of halogens is 1. The van der Waals surface area contributed by atoms with Gasteiger partial charge in [0.2, 0.25) is 0 Å². The zero-order valence-electron chi connectivity index (χ0n) is 7.55. The average Bonchev–Trinajstić information content (AvgIpc) is 2.72. The second-order valence-electron chi connectivity index (χ2n) is 3.55. The lowest BCUT2D eigenvalue weighted by molar-refractivity contribution is 0.527. The predicted octanol–water partition coefficient (Wildman–Crippen LogP) is 3.43. The molecule has 0 spiro atoms. The molecule has 0 radical (unpaired) electrons. The molecule has 1 aliphatic rings. The molecule has 1 N–H and O–H groups in total. The smallest absolute Gasteiger partial charge is 0.0558 e. The largest absolute Gasteiger partial charge is 0.309 e. The highest BCUT2D eigenvalue weighted by atomic mass is 35.5. The molecule has 1 fully saturated rings. The van der Waals surface area contributed by atoms with Crippen LogP contribution in [0.25, 0.3) is 0 Å². The van der Waals surface area contributed by atoms with Crippen molar-refractivity contribution < 1.29 is 0 Å². The Morgan fingerprint density at radius 1 is 1.46 bits per heavy atom. The van der Waals surface area contributed by atoms with Crippen molar-refractivity contribution in [1.82, 2.24) is 5.32 Å². The molecule has 1 aromatic rings. The minimum absolute atomic E-state index is 0.734. The first-order valence-electron chi connectivity index (χ1n) is 4.81. The van der Waals surface area contributed by atoms with Crippen molar-refractivity contribution in [3.05, 3.63) is 21.3 Å². The van der Waals surface area contributed by atoms with Crippen molar-refractivity contribution in [3.8, 4) is 0 Å². The highest BCUT2D eigenvalue weighted by Crippen LogP contribution is 2.23. The fraction of sp³-hybridized carbons (Fsp3) is 0.600. The van der Waals surface area contributed by atoms with E-state index in [2.05, 4.69) is 5.32 Å². The van der Waals surface area contributed by atoms with Gasteiger partial charge < -0.3 is 5.32 Å². The summed E-state index contributed by atoms with van der Waals surface area (Å²) in [5.74, 6) is 0. The maximum absolute atomic E-state index is 6.00. The molecule has 0 bridgehead atoms. The van der Waals surface area contributed by atoms with Gasteiger partial charge in [0.1, 0.15) is 0 Å². The molecule has 0 amide bonds. The van der Waals surface area contributed by atoms with Crippen LogP contribution in [0.4, 0.5) is 0 Å². The van der Waals surface area contributed by atoms with Crippen LogP contribution < -0.4 is 5.32 Å². The van der Waals surface area contributed by atoms with Crippen LogP contribution in [0.15, 0.2) is 11.4 Å². The molecule has 2 rings (SSSR count). The lowest BCUT2D eigenvalue weighted by Gasteiger charge is -2.10. The van der Waals surface area contributed by atoms with E-state index in [1.165, 1.54) is 30.6 Å². The molecule has 1 saturated carbocycles. The Bertz CT molecular complexity index is 266. The highest BCUT2D eigenvalue weighted by Gasteiger charge is 2.14. The van der Waals surface area contributed by atoms with Gasteiger partial charge in [-0.3, -0.25) is 0 Å². The zero-order valence-corrected chi connectivity index (χ0v) is 9.13. The summed E-state index contributed by atoms with van der Waals surface area (Å²) in [5.41, 5.74) is 0. The van der Waals surface area contributed by atoms with E-state index in [-0.39, 0.29) is 0 Å². The molecular weight excluding hydrogens is 202 g/mol. The van der Waals surface area contributed by atoms with Gasteiger partial charge in [0.05, 0.1) is 5.02 Å². The molecule has 72 valence electrons. The molecule has 0 saturated heterocycles. The Hall–Kier alpha value is -0.0500. The molecule has 3 heteroatoms. The van der Waals surface area contributed by atoms with E-state index in [1.54, 1.807) is 11.3 Å². The van der Waals surface area contributed by atoms with Crippen molar-refractivity contribution in [1.29, 1.82) is 0 Å². The molecule has 1 aromatic heterocycles. The van der Waals surface area contributed by atoms with E-state index >= 15 is 0 Å². The van der Waals surface area contributed by atoms with Crippen LogP contribution in [0, 0.1) is 0 Å². The number of rotatable bonds is 3. The van der Waals surface area contributed by atoms with Gasteiger partial charge in [0.15, 0.2) is 0 Å². The molecule has 0 aromatic carbocycles. The summed E-state index contributed by atoms with van der Waals surface area (Å²) in [6.45, 7) is 0.946. The fourth-order valence-corrected chi connectivity index (χ4v) is 2.87. The fourth-order valence-electron chi connectivity index (χ4n) is 1.82. The molecule has 1 heterocycles. The van der Waals surface area contributed by atoms with Crippen molar-refractivity contribution in [2.45, 2.75) is 38.3 Å². The molecule has 0 aliphatic heterocycles. The predicted molar refractivity (Wildman–Crippen MR) is 58.4 cm³/mol. The Balaban J connectivity index is 1.82. The van der Waals surface area contributed by atoms with Crippen LogP contribution in [-0.4, -0.2) is 6.04 Å². The third-order valence-corrected chi connectivity index (χ3v) is 3.98. The summed E-state index contributed by atoms with van der Waals surface area (Å²) in [6, 6.07) is 2.70. The standard InChI is InChI=1S/C10H14ClNS/c11-9-5-6-13-10(9)7-12-8-3-1-2-4-8/h5-6,8,12H,1-4,7H2. The number of hydrogen-bond donors (Lipinski definition) is 1. The lowest BCUT2D eigenvalue weighted by Crippen LogP contribution is -2.24. The van der Waals surface area contributed by atoms with Crippen LogP contribution in [0.3, 0.4) is 0 Å². The molecule has 1 aliphatic carbocycles. The first kappa shape index (κ1) is 9.50. The average molecular weight is 216 g/mol. The Morgan fingerprint density at radius 3 is 2.85 bits per heavy atom. The maximum Gasteiger partial charge on any atom is 0.0558 e. The monoisotopic (exact) mass is 215 g/mol. The minimum atomic E-state index is 0.734. The summed E-state index contributed by atoms with van der Waals surface area (Å²) in [6.07, 6.45) is 5.44. The van der Waals surface area contributed by atoms with Gasteiger partial charge in [-0.05, 0) is 24.3 Å². The SMILES string of the molecule is Clc1ccsc1CNC1CCCC1. The van der Waals surface area contributed by atoms with Gasteiger partial charge in [0.25, 0.3) is 0 Å². The van der Waals surface area contributed by atoms with E-state index in [1.807, 2.05) is 11.4 Å². The van der Waals surface area contributed by atoms with E-state index in [0.29, 0.717) is 0 Å². The van der Waals surface area contributed by atoms with Crippen molar-refractivity contribution >= 4 is 22.9 Å². The normalized spacial score (nSPS) is 18.2. The topological polar surface area (TPSA) is 12.0 Å². The Labute approximate surface area is 88.1 Å². The summed E-state index contributed by atoms with van der Waals surface area (Å²) in [4.78, 5) is 1.27. The highest BCUT2D eigenvalue weighted by molar-refractivity contribution is 7.10. The van der Waals surface area contributed by atoms with E-state index in [0.717, 1.165) is 17.6 Å². The van der Waals surface area contributed by atoms with E-state index < -0.39 is 0 Å². The van der Waals surface area contributed by atoms with Gasteiger partial charge in [-0.1, -0.05) is 24.4 Å². The zero-order chi connectivity index (χ0) is 9.10. The summed E-state index contributed by atoms with van der Waals surface area (Å²) < 4.78 is 0. The van der Waals surface area contributed by atoms with Crippen LogP contribution in [0.5, 0.6) is 0 Å². The first-order chi connectivity index (χ1) is 6.36. The number of hydrogen-bond acceptors (Lipinski definition) is 2. The van der Waals surface area contributed by atoms with Crippen LogP contribution in [0.1, 0.15) is 30.6 Å². The third-order valence-electron chi connectivity index (χ3n) is 2.60. The first-order valence-corrected chi connectivity index (χ1v) is 6.07. The van der Waals surface area contributed by atoms with Crippen molar-refractivity contribution in [3.63, 3.8) is 0 Å². The molecule has 0 unspecified atom stereocenters. The Morgan fingerprint density at radius 2 is 2.23 bits per heavy atom. The van der Waals surface area contributed by atoms with Crippen LogP contribution in [-0.2, 0) is 6.54 Å². The van der Waals surface area contributed by atoms with Crippen molar-refractivity contribution in [2.75, 3.05) is 0 Å². The lowest BCUT2D eigenvalue weighted by atomic mass is 10.2. The quantitative estimate of drug-likeness (QED) is 0.815. The summed E-state index contributed by atoms with van der Waals surface area (Å²) >= 11 is 7.73. The second kappa shape index (κ2) is 4.45. The van der Waals surface area contributed by atoms with E-state index in [4.69, 9.17) is 11.6 Å². The number of nitrogens with one attached hydrogen (secondary N) is 1. The molecule has 0 atom stereocenters. The van der Waals surface area contributed by atoms with Gasteiger partial charge in [-0.25, -0.2) is 0 Å². The molecule has 1 nitrogen and oxygen atoms in total. The molecular formula is C10H14ClNS. The van der Waals surface area contributed by atoms with Crippen LogP contribution in [0.2, 0.25) is 5.02 Å². The van der Waals surface area contributed by atoms with Gasteiger partial charge in [0, 0.05) is 17.5 Å². The third kappa shape index (κ3) is 2.46. The Kier molecular flexibility index (Phi) is 3.25. The number of thiophene rings is 1. The van der Waals surface area contributed by atoms with Gasteiger partial charge in [-0.15, -0.1) is 11.3 Å². The second-order valence-corrected chi connectivity index (χ2v) is 4.96. The van der Waals surface area contributed by atoms with Gasteiger partial charge >= 0.3 is 0 Å².